The number of benzene rings is 4. The molecule has 170 valence electrons. The fraction of sp³-hybridized carbons (Fsp3) is 0.143. The summed E-state index contributed by atoms with van der Waals surface area (Å²) in [5.41, 5.74) is 1.24. The molecule has 0 spiro atoms. The Morgan fingerprint density at radius 3 is 0.909 bits per heavy atom. The molecule has 3 nitrogen and oxygen atoms in total. The monoisotopic (exact) mass is 570 g/mol. The van der Waals surface area contributed by atoms with E-state index in [1.807, 2.05) is 36.4 Å². The molecule has 0 atom stereocenters. The van der Waals surface area contributed by atoms with Gasteiger partial charge < -0.3 is 38.2 Å². The number of halogens is 1. The van der Waals surface area contributed by atoms with Crippen molar-refractivity contribution in [1.82, 2.24) is 0 Å². The van der Waals surface area contributed by atoms with Crippen LogP contribution in [0.5, 0.6) is 17.2 Å². The van der Waals surface area contributed by atoms with Gasteiger partial charge >= 0.3 is 0 Å². The number of methoxy groups -OCH3 is 3. The number of aryl methyl sites for hydroxylation is 1. The van der Waals surface area contributed by atoms with Crippen molar-refractivity contribution in [3.63, 3.8) is 0 Å². The maximum atomic E-state index is 5.45. The van der Waals surface area contributed by atoms with E-state index in [-0.39, 0.29) is 24.0 Å². The lowest BCUT2D eigenvalue weighted by Crippen LogP contribution is -3.00. The van der Waals surface area contributed by atoms with E-state index in [0.29, 0.717) is 0 Å². The molecule has 4 aromatic rings. The van der Waals surface area contributed by atoms with Crippen molar-refractivity contribution in [2.24, 2.45) is 0 Å². The Kier molecular flexibility index (Phi) is 8.39. The van der Waals surface area contributed by atoms with Crippen molar-refractivity contribution in [3.05, 3.63) is 103 Å². The maximum Gasteiger partial charge on any atom is 0.144 e. The molecule has 0 aliphatic rings. The van der Waals surface area contributed by atoms with Crippen molar-refractivity contribution < 1.29 is 38.2 Å². The predicted molar refractivity (Wildman–Crippen MR) is 136 cm³/mol. The highest BCUT2D eigenvalue weighted by atomic mass is 127. The van der Waals surface area contributed by atoms with Crippen molar-refractivity contribution in [3.8, 4) is 17.2 Å². The van der Waals surface area contributed by atoms with Gasteiger partial charge in [-0.1, -0.05) is 17.7 Å². The van der Waals surface area contributed by atoms with Gasteiger partial charge in [0.2, 0.25) is 0 Å². The van der Waals surface area contributed by atoms with Crippen molar-refractivity contribution in [2.45, 2.75) is 6.92 Å². The minimum atomic E-state index is -2.18. The van der Waals surface area contributed by atoms with E-state index in [2.05, 4.69) is 67.6 Å². The second-order valence-electron chi connectivity index (χ2n) is 7.60. The van der Waals surface area contributed by atoms with Crippen LogP contribution in [0.15, 0.2) is 97.1 Å². The Hall–Kier alpha value is -2.56. The predicted octanol–water partition coefficient (Wildman–Crippen LogP) is 1.64. The zero-order chi connectivity index (χ0) is 22.6. The topological polar surface area (TPSA) is 27.7 Å². The van der Waals surface area contributed by atoms with Crippen LogP contribution in [0.25, 0.3) is 0 Å². The Balaban J connectivity index is 0.00000306. The van der Waals surface area contributed by atoms with Crippen LogP contribution in [0.4, 0.5) is 0 Å². The van der Waals surface area contributed by atoms with Gasteiger partial charge in [-0.25, -0.2) is 0 Å². The first-order valence-corrected chi connectivity index (χ1v) is 12.3. The lowest BCUT2D eigenvalue weighted by molar-refractivity contribution is -0.00000726. The van der Waals surface area contributed by atoms with Crippen LogP contribution in [0, 0.1) is 6.92 Å². The number of ether oxygens (including phenoxy) is 3. The first-order chi connectivity index (χ1) is 15.6. The summed E-state index contributed by atoms with van der Waals surface area (Å²) in [6, 6.07) is 34.4. The lowest BCUT2D eigenvalue weighted by Gasteiger charge is -2.28. The quantitative estimate of drug-likeness (QED) is 0.250. The third-order valence-electron chi connectivity index (χ3n) is 5.80. The van der Waals surface area contributed by atoms with E-state index >= 15 is 0 Å². The number of rotatable bonds is 7. The summed E-state index contributed by atoms with van der Waals surface area (Å²) in [5, 5.41) is 5.08. The summed E-state index contributed by atoms with van der Waals surface area (Å²) in [6.45, 7) is 2.12. The van der Waals surface area contributed by atoms with Gasteiger partial charge in [0.05, 0.1) is 21.3 Å². The normalized spacial score (nSPS) is 10.8. The molecule has 0 fully saturated rings. The van der Waals surface area contributed by atoms with E-state index in [9.17, 15) is 0 Å². The molecule has 4 rings (SSSR count). The Labute approximate surface area is 214 Å². The third kappa shape index (κ3) is 4.87. The average molecular weight is 570 g/mol. The van der Waals surface area contributed by atoms with E-state index in [1.54, 1.807) is 21.3 Å². The molecule has 0 saturated heterocycles. The number of hydrogen-bond acceptors (Lipinski definition) is 3. The summed E-state index contributed by atoms with van der Waals surface area (Å²) in [6.07, 6.45) is 0. The molecule has 0 saturated carbocycles. The van der Waals surface area contributed by atoms with Crippen LogP contribution in [0.3, 0.4) is 0 Å². The smallest absolute Gasteiger partial charge is 0.144 e. The standard InChI is InChI=1S/C28H28O3P.HI/c1-21-5-13-25(14-6-21)32(26-15-7-22(29-2)8-16-26,27-17-9-23(30-3)10-18-27)28-19-11-24(31-4)12-20-28;/h5-20H,1-4H3;1H/q+1;/p-1. The molecular weight excluding hydrogens is 542 g/mol. The van der Waals surface area contributed by atoms with Crippen LogP contribution in [0.2, 0.25) is 0 Å². The van der Waals surface area contributed by atoms with Crippen LogP contribution in [-0.2, 0) is 0 Å². The van der Waals surface area contributed by atoms with E-state index < -0.39 is 7.26 Å². The minimum absolute atomic E-state index is 0. The van der Waals surface area contributed by atoms with E-state index in [4.69, 9.17) is 14.2 Å². The van der Waals surface area contributed by atoms with Gasteiger partial charge in [-0.2, -0.15) is 0 Å². The zero-order valence-electron chi connectivity index (χ0n) is 19.3. The van der Waals surface area contributed by atoms with Gasteiger partial charge in [0.15, 0.2) is 0 Å². The van der Waals surface area contributed by atoms with Gasteiger partial charge in [-0.05, 0) is 91.9 Å². The number of hydrogen-bond donors (Lipinski definition) is 0. The lowest BCUT2D eigenvalue weighted by atomic mass is 10.2. The fourth-order valence-electron chi connectivity index (χ4n) is 4.08. The SMILES string of the molecule is COc1ccc([P+](c2ccc(C)cc2)(c2ccc(OC)cc2)c2ccc(OC)cc2)cc1.[I-]. The molecule has 0 unspecified atom stereocenters. The molecule has 4 aromatic carbocycles. The van der Waals surface area contributed by atoms with Gasteiger partial charge in [-0.3, -0.25) is 0 Å². The molecule has 0 aliphatic heterocycles. The zero-order valence-corrected chi connectivity index (χ0v) is 22.3. The Morgan fingerprint density at radius 2 is 0.667 bits per heavy atom. The molecule has 0 aliphatic carbocycles. The summed E-state index contributed by atoms with van der Waals surface area (Å²) < 4.78 is 16.4. The van der Waals surface area contributed by atoms with Gasteiger partial charge in [-0.15, -0.1) is 0 Å². The molecule has 0 radical (unpaired) electrons. The second-order valence-corrected chi connectivity index (χ2v) is 11.0. The van der Waals surface area contributed by atoms with Gasteiger partial charge in [0.25, 0.3) is 0 Å². The molecule has 0 amide bonds. The molecule has 0 bridgehead atoms. The van der Waals surface area contributed by atoms with Crippen molar-refractivity contribution in [2.75, 3.05) is 21.3 Å². The summed E-state index contributed by atoms with van der Waals surface area (Å²) in [4.78, 5) is 0. The van der Waals surface area contributed by atoms with Crippen LogP contribution in [-0.4, -0.2) is 21.3 Å². The second kappa shape index (κ2) is 11.0. The molecule has 5 heteroatoms. The fourth-order valence-corrected chi connectivity index (χ4v) is 8.25. The van der Waals surface area contributed by atoms with Gasteiger partial charge in [0.1, 0.15) is 45.7 Å². The first kappa shape index (κ1) is 25.1. The highest BCUT2D eigenvalue weighted by Gasteiger charge is 2.48. The minimum Gasteiger partial charge on any atom is -1.00 e. The molecule has 0 aromatic heterocycles. The highest BCUT2D eigenvalue weighted by Crippen LogP contribution is 2.54. The van der Waals surface area contributed by atoms with Crippen molar-refractivity contribution in [1.29, 1.82) is 0 Å². The van der Waals surface area contributed by atoms with Crippen LogP contribution >= 0.6 is 7.26 Å². The maximum absolute atomic E-state index is 5.45. The van der Waals surface area contributed by atoms with Crippen LogP contribution in [0.1, 0.15) is 5.56 Å². The Morgan fingerprint density at radius 1 is 0.424 bits per heavy atom. The highest BCUT2D eigenvalue weighted by molar-refractivity contribution is 8.01. The average Bonchev–Trinajstić information content (AvgIpc) is 2.86. The molecular formula is C28H28IO3P. The molecule has 33 heavy (non-hydrogen) atoms. The van der Waals surface area contributed by atoms with E-state index in [0.717, 1.165) is 17.2 Å². The first-order valence-electron chi connectivity index (χ1n) is 10.5. The Bertz CT molecular complexity index is 1040. The van der Waals surface area contributed by atoms with Gasteiger partial charge in [0, 0.05) is 0 Å². The van der Waals surface area contributed by atoms with Crippen molar-refractivity contribution >= 4 is 28.5 Å². The molecule has 0 N–H and O–H groups in total. The summed E-state index contributed by atoms with van der Waals surface area (Å²) >= 11 is 0. The molecule has 0 heterocycles. The third-order valence-corrected chi connectivity index (χ3v) is 10.1. The summed E-state index contributed by atoms with van der Waals surface area (Å²) in [5.74, 6) is 2.54. The largest absolute Gasteiger partial charge is 1.00 e. The van der Waals surface area contributed by atoms with E-state index in [1.165, 1.54) is 26.8 Å². The summed E-state index contributed by atoms with van der Waals surface area (Å²) in [7, 11) is 2.91. The van der Waals surface area contributed by atoms with Crippen LogP contribution < -0.4 is 59.4 Å².